The van der Waals surface area contributed by atoms with Crippen molar-refractivity contribution in [2.45, 2.75) is 38.6 Å². The van der Waals surface area contributed by atoms with Gasteiger partial charge in [-0.25, -0.2) is 9.67 Å². The van der Waals surface area contributed by atoms with Crippen molar-refractivity contribution >= 4 is 39.2 Å². The molecule has 0 unspecified atom stereocenters. The van der Waals surface area contributed by atoms with Crippen LogP contribution in [0.5, 0.6) is 5.75 Å². The van der Waals surface area contributed by atoms with Crippen LogP contribution in [0.3, 0.4) is 0 Å². The molecule has 0 radical (unpaired) electrons. The monoisotopic (exact) mass is 499 g/mol. The van der Waals surface area contributed by atoms with E-state index in [4.69, 9.17) is 9.72 Å². The van der Waals surface area contributed by atoms with Crippen LogP contribution in [0.15, 0.2) is 54.2 Å². The molecule has 0 bridgehead atoms. The van der Waals surface area contributed by atoms with Crippen LogP contribution < -0.4 is 4.74 Å². The van der Waals surface area contributed by atoms with E-state index in [0.29, 0.717) is 11.5 Å². The Kier molecular flexibility index (Phi) is 5.76. The number of benzene rings is 1. The van der Waals surface area contributed by atoms with Gasteiger partial charge >= 0.3 is 0 Å². The molecule has 0 saturated carbocycles. The summed E-state index contributed by atoms with van der Waals surface area (Å²) in [7, 11) is 1.70. The molecule has 1 aromatic carbocycles. The van der Waals surface area contributed by atoms with Crippen LogP contribution in [0.4, 0.5) is 0 Å². The van der Waals surface area contributed by atoms with Crippen molar-refractivity contribution in [3.05, 3.63) is 65.3 Å². The lowest BCUT2D eigenvalue weighted by atomic mass is 9.89. The number of carbonyl (C=O) groups is 1. The first-order valence-corrected chi connectivity index (χ1v) is 13.3. The second-order valence-corrected chi connectivity index (χ2v) is 10.6. The van der Waals surface area contributed by atoms with Crippen LogP contribution in [-0.2, 0) is 0 Å². The average molecular weight is 500 g/mol. The maximum Gasteiger partial charge on any atom is 0.254 e. The van der Waals surface area contributed by atoms with Crippen molar-refractivity contribution < 1.29 is 9.53 Å². The Morgan fingerprint density at radius 3 is 2.72 bits per heavy atom. The van der Waals surface area contributed by atoms with Crippen LogP contribution in [0.2, 0.25) is 0 Å². The minimum Gasteiger partial charge on any atom is -0.497 e. The summed E-state index contributed by atoms with van der Waals surface area (Å²) in [5.74, 6) is 1.32. The summed E-state index contributed by atoms with van der Waals surface area (Å²) in [5.41, 5.74) is 4.70. The minimum atomic E-state index is 0.0579. The normalized spacial score (nSPS) is 14.8. The van der Waals surface area contributed by atoms with Gasteiger partial charge in [-0.1, -0.05) is 6.07 Å². The van der Waals surface area contributed by atoms with Crippen LogP contribution in [0, 0.1) is 0 Å². The number of pyridine rings is 1. The molecule has 5 heterocycles. The highest BCUT2D eigenvalue weighted by molar-refractivity contribution is 7.13. The van der Waals surface area contributed by atoms with E-state index in [1.807, 2.05) is 39.2 Å². The van der Waals surface area contributed by atoms with Gasteiger partial charge in [0.15, 0.2) is 5.65 Å². The van der Waals surface area contributed by atoms with Gasteiger partial charge in [0.2, 0.25) is 0 Å². The first-order valence-electron chi connectivity index (χ1n) is 12.4. The molecule has 4 aromatic heterocycles. The largest absolute Gasteiger partial charge is 0.497 e. The number of nitrogens with one attached hydrogen (secondary N) is 1. The number of fused-ring (bicyclic) bond motifs is 2. The van der Waals surface area contributed by atoms with Crippen molar-refractivity contribution in [2.75, 3.05) is 20.2 Å². The van der Waals surface area contributed by atoms with Crippen molar-refractivity contribution in [3.8, 4) is 16.3 Å². The number of piperidine rings is 1. The van der Waals surface area contributed by atoms with Crippen molar-refractivity contribution in [2.24, 2.45) is 0 Å². The van der Waals surface area contributed by atoms with Gasteiger partial charge in [0, 0.05) is 36.2 Å². The van der Waals surface area contributed by atoms with Gasteiger partial charge in [0.05, 0.1) is 34.8 Å². The number of likely N-dealkylation sites (tertiary alicyclic amines) is 1. The Morgan fingerprint density at radius 2 is 2.00 bits per heavy atom. The highest BCUT2D eigenvalue weighted by Gasteiger charge is 2.28. The predicted molar refractivity (Wildman–Crippen MR) is 144 cm³/mol. The first-order chi connectivity index (χ1) is 17.5. The molecule has 184 valence electrons. The van der Waals surface area contributed by atoms with Gasteiger partial charge in [-0.2, -0.15) is 5.10 Å². The third-order valence-electron chi connectivity index (χ3n) is 7.20. The summed E-state index contributed by atoms with van der Waals surface area (Å²) in [6, 6.07) is 12.3. The molecule has 1 N–H and O–H groups in total. The molecule has 5 aromatic rings. The van der Waals surface area contributed by atoms with Crippen LogP contribution in [0.1, 0.15) is 54.6 Å². The molecule has 0 spiro atoms. The van der Waals surface area contributed by atoms with Crippen LogP contribution in [-0.4, -0.2) is 50.8 Å². The van der Waals surface area contributed by atoms with E-state index in [1.54, 1.807) is 24.6 Å². The zero-order valence-electron chi connectivity index (χ0n) is 20.7. The molecular weight excluding hydrogens is 470 g/mol. The Bertz CT molecular complexity index is 1540. The van der Waals surface area contributed by atoms with E-state index < -0.39 is 0 Å². The fourth-order valence-electron chi connectivity index (χ4n) is 5.27. The Balaban J connectivity index is 1.29. The van der Waals surface area contributed by atoms with Gasteiger partial charge in [0.25, 0.3) is 5.91 Å². The van der Waals surface area contributed by atoms with Crippen molar-refractivity contribution in [3.63, 3.8) is 0 Å². The summed E-state index contributed by atoms with van der Waals surface area (Å²) in [4.78, 5) is 25.2. The summed E-state index contributed by atoms with van der Waals surface area (Å²) >= 11 is 1.63. The number of nitrogens with zero attached hydrogens (tertiary/aromatic N) is 4. The summed E-state index contributed by atoms with van der Waals surface area (Å²) in [5, 5.41) is 8.63. The van der Waals surface area contributed by atoms with Crippen molar-refractivity contribution in [1.29, 1.82) is 0 Å². The third-order valence-corrected chi connectivity index (χ3v) is 8.10. The van der Waals surface area contributed by atoms with Crippen LogP contribution in [0.25, 0.3) is 32.5 Å². The van der Waals surface area contributed by atoms with Gasteiger partial charge in [-0.05, 0) is 73.9 Å². The lowest BCUT2D eigenvalue weighted by molar-refractivity contribution is 0.0715. The van der Waals surface area contributed by atoms with E-state index in [9.17, 15) is 4.79 Å². The molecule has 1 aliphatic heterocycles. The maximum atomic E-state index is 13.8. The lowest BCUT2D eigenvalue weighted by Crippen LogP contribution is -2.38. The molecule has 0 aliphatic carbocycles. The maximum absolute atomic E-state index is 13.8. The zero-order valence-corrected chi connectivity index (χ0v) is 21.5. The Hall–Kier alpha value is -3.65. The number of aromatic amines is 1. The molecule has 8 heteroatoms. The van der Waals surface area contributed by atoms with Crippen LogP contribution >= 0.6 is 11.3 Å². The van der Waals surface area contributed by atoms with E-state index in [0.717, 1.165) is 58.8 Å². The van der Waals surface area contributed by atoms with E-state index in [1.165, 1.54) is 10.9 Å². The number of hydrogen-bond acceptors (Lipinski definition) is 5. The first kappa shape index (κ1) is 22.8. The quantitative estimate of drug-likeness (QED) is 0.310. The van der Waals surface area contributed by atoms with E-state index in [2.05, 4.69) is 42.3 Å². The number of carbonyl (C=O) groups excluding carboxylic acids is 1. The molecule has 1 fully saturated rings. The highest BCUT2D eigenvalue weighted by Crippen LogP contribution is 2.36. The molecule has 1 saturated heterocycles. The highest BCUT2D eigenvalue weighted by atomic mass is 32.1. The van der Waals surface area contributed by atoms with Gasteiger partial charge in [-0.3, -0.25) is 4.79 Å². The van der Waals surface area contributed by atoms with E-state index >= 15 is 0 Å². The number of ether oxygens (including phenoxy) is 1. The molecule has 6 rings (SSSR count). The number of amides is 1. The number of aromatic nitrogens is 4. The van der Waals surface area contributed by atoms with Crippen molar-refractivity contribution in [1.82, 2.24) is 24.6 Å². The molecular formula is C28H29N5O2S. The molecule has 7 nitrogen and oxygen atoms in total. The molecule has 1 aliphatic rings. The lowest BCUT2D eigenvalue weighted by Gasteiger charge is -2.32. The Labute approximate surface area is 213 Å². The van der Waals surface area contributed by atoms with Gasteiger partial charge in [0.1, 0.15) is 5.75 Å². The number of thiophene rings is 1. The fraction of sp³-hybridized carbons (Fsp3) is 0.321. The third kappa shape index (κ3) is 3.86. The zero-order chi connectivity index (χ0) is 24.8. The number of methoxy groups -OCH3 is 1. The molecule has 1 amide bonds. The molecule has 36 heavy (non-hydrogen) atoms. The number of rotatable bonds is 5. The second kappa shape index (κ2) is 9.09. The Morgan fingerprint density at radius 1 is 1.17 bits per heavy atom. The summed E-state index contributed by atoms with van der Waals surface area (Å²) in [6.45, 7) is 5.60. The smallest absolute Gasteiger partial charge is 0.254 e. The van der Waals surface area contributed by atoms with E-state index in [-0.39, 0.29) is 11.9 Å². The standard InChI is InChI=1S/C28H29N5O2S/c1-17(2)33-27-23(16-30-33)21(14-25(31-27)26-5-4-12-36-26)28(34)32-10-8-18(9-11-32)22-15-29-24-7-6-19(35-3)13-20(22)24/h4-7,12-18,29H,8-11H2,1-3H3. The number of H-pyrrole nitrogens is 1. The molecule has 0 atom stereocenters. The minimum absolute atomic E-state index is 0.0579. The summed E-state index contributed by atoms with van der Waals surface area (Å²) < 4.78 is 7.34. The fourth-order valence-corrected chi connectivity index (χ4v) is 5.96. The predicted octanol–water partition coefficient (Wildman–Crippen LogP) is 6.25. The van der Waals surface area contributed by atoms with Gasteiger partial charge in [-0.15, -0.1) is 11.3 Å². The topological polar surface area (TPSA) is 76.0 Å². The SMILES string of the molecule is COc1ccc2[nH]cc(C3CCN(C(=O)c4cc(-c5cccs5)nc5c4cnn5C(C)C)CC3)c2c1. The second-order valence-electron chi connectivity index (χ2n) is 9.67. The van der Waals surface area contributed by atoms with Gasteiger partial charge < -0.3 is 14.6 Å². The average Bonchev–Trinajstić information content (AvgIpc) is 3.67. The number of hydrogen-bond donors (Lipinski definition) is 1. The summed E-state index contributed by atoms with van der Waals surface area (Å²) in [6.07, 6.45) is 5.76.